The summed E-state index contributed by atoms with van der Waals surface area (Å²) < 4.78 is 5.54. The van der Waals surface area contributed by atoms with E-state index in [0.717, 1.165) is 18.7 Å². The summed E-state index contributed by atoms with van der Waals surface area (Å²) in [7, 11) is 0. The fraction of sp³-hybridized carbons (Fsp3) is 0.562. The number of nitrogens with one attached hydrogen (secondary N) is 1. The summed E-state index contributed by atoms with van der Waals surface area (Å²) in [6.45, 7) is 6.90. The Bertz CT molecular complexity index is 371. The molecular weight excluding hydrogens is 238 g/mol. The molecule has 0 atom stereocenters. The summed E-state index contributed by atoms with van der Waals surface area (Å²) in [5.74, 6) is 0.794. The summed E-state index contributed by atoms with van der Waals surface area (Å²) >= 11 is 0. The highest BCUT2D eigenvalue weighted by Crippen LogP contribution is 2.13. The van der Waals surface area contributed by atoms with Crippen LogP contribution in [0.1, 0.15) is 56.8 Å². The van der Waals surface area contributed by atoms with Crippen LogP contribution in [0.4, 0.5) is 0 Å². The van der Waals surface area contributed by atoms with Crippen molar-refractivity contribution in [3.8, 4) is 5.75 Å². The highest BCUT2D eigenvalue weighted by molar-refractivity contribution is 5.94. The first-order chi connectivity index (χ1) is 9.13. The number of unbranched alkanes of at least 4 members (excludes halogenated alkanes) is 3. The SMILES string of the molecule is CCCCCCNC(=O)c1ccc(OC(C)C)cc1. The van der Waals surface area contributed by atoms with Crippen LogP contribution in [-0.4, -0.2) is 18.6 Å². The molecule has 1 aromatic rings. The van der Waals surface area contributed by atoms with Crippen LogP contribution in [0.15, 0.2) is 24.3 Å². The van der Waals surface area contributed by atoms with Crippen LogP contribution < -0.4 is 10.1 Å². The molecule has 0 bridgehead atoms. The lowest BCUT2D eigenvalue weighted by atomic mass is 10.2. The van der Waals surface area contributed by atoms with Crippen molar-refractivity contribution in [2.24, 2.45) is 0 Å². The van der Waals surface area contributed by atoms with E-state index < -0.39 is 0 Å². The Morgan fingerprint density at radius 2 is 1.84 bits per heavy atom. The van der Waals surface area contributed by atoms with E-state index in [1.807, 2.05) is 26.0 Å². The van der Waals surface area contributed by atoms with Gasteiger partial charge in [0.15, 0.2) is 0 Å². The molecule has 1 rings (SSSR count). The number of benzene rings is 1. The average Bonchev–Trinajstić information content (AvgIpc) is 2.38. The minimum Gasteiger partial charge on any atom is -0.491 e. The zero-order valence-corrected chi connectivity index (χ0v) is 12.2. The molecule has 0 heterocycles. The molecule has 0 radical (unpaired) electrons. The highest BCUT2D eigenvalue weighted by atomic mass is 16.5. The molecule has 0 unspecified atom stereocenters. The third-order valence-corrected chi connectivity index (χ3v) is 2.80. The smallest absolute Gasteiger partial charge is 0.251 e. The van der Waals surface area contributed by atoms with E-state index in [9.17, 15) is 4.79 Å². The number of rotatable bonds is 8. The number of carbonyl (C=O) groups excluding carboxylic acids is 1. The van der Waals surface area contributed by atoms with Gasteiger partial charge in [-0.15, -0.1) is 0 Å². The maximum atomic E-state index is 11.9. The summed E-state index contributed by atoms with van der Waals surface area (Å²) in [5, 5.41) is 2.94. The monoisotopic (exact) mass is 263 g/mol. The van der Waals surface area contributed by atoms with Gasteiger partial charge in [0.05, 0.1) is 6.10 Å². The Morgan fingerprint density at radius 1 is 1.16 bits per heavy atom. The normalized spacial score (nSPS) is 10.5. The van der Waals surface area contributed by atoms with E-state index in [1.54, 1.807) is 12.1 Å². The second kappa shape index (κ2) is 8.57. The number of amides is 1. The molecule has 0 spiro atoms. The Labute approximate surface area is 116 Å². The van der Waals surface area contributed by atoms with E-state index in [1.165, 1.54) is 19.3 Å². The van der Waals surface area contributed by atoms with Gasteiger partial charge in [-0.2, -0.15) is 0 Å². The molecule has 0 saturated heterocycles. The van der Waals surface area contributed by atoms with E-state index in [4.69, 9.17) is 4.74 Å². The maximum Gasteiger partial charge on any atom is 0.251 e. The number of carbonyl (C=O) groups is 1. The van der Waals surface area contributed by atoms with Gasteiger partial charge in [0, 0.05) is 12.1 Å². The van der Waals surface area contributed by atoms with Crippen molar-refractivity contribution in [1.29, 1.82) is 0 Å². The Morgan fingerprint density at radius 3 is 2.42 bits per heavy atom. The van der Waals surface area contributed by atoms with Crippen LogP contribution in [-0.2, 0) is 0 Å². The molecule has 0 aliphatic heterocycles. The van der Waals surface area contributed by atoms with Gasteiger partial charge in [0.25, 0.3) is 5.91 Å². The van der Waals surface area contributed by atoms with Gasteiger partial charge in [0.1, 0.15) is 5.75 Å². The van der Waals surface area contributed by atoms with Gasteiger partial charge in [-0.3, -0.25) is 4.79 Å². The second-order valence-electron chi connectivity index (χ2n) is 5.01. The molecule has 1 aromatic carbocycles. The summed E-state index contributed by atoms with van der Waals surface area (Å²) in [6.07, 6.45) is 4.83. The predicted octanol–water partition coefficient (Wildman–Crippen LogP) is 3.78. The molecule has 0 aromatic heterocycles. The van der Waals surface area contributed by atoms with Gasteiger partial charge in [-0.25, -0.2) is 0 Å². The van der Waals surface area contributed by atoms with Crippen molar-refractivity contribution >= 4 is 5.91 Å². The van der Waals surface area contributed by atoms with Crippen LogP contribution in [0.5, 0.6) is 5.75 Å². The molecule has 1 amide bonds. The van der Waals surface area contributed by atoms with Crippen molar-refractivity contribution in [2.75, 3.05) is 6.54 Å². The molecule has 3 nitrogen and oxygen atoms in total. The molecule has 0 aliphatic rings. The van der Waals surface area contributed by atoms with E-state index in [-0.39, 0.29) is 12.0 Å². The Balaban J connectivity index is 2.36. The van der Waals surface area contributed by atoms with Gasteiger partial charge >= 0.3 is 0 Å². The van der Waals surface area contributed by atoms with Crippen LogP contribution in [0.2, 0.25) is 0 Å². The van der Waals surface area contributed by atoms with Gasteiger partial charge in [-0.05, 0) is 44.5 Å². The van der Waals surface area contributed by atoms with Gasteiger partial charge in [-0.1, -0.05) is 26.2 Å². The summed E-state index contributed by atoms with van der Waals surface area (Å²) in [4.78, 5) is 11.9. The molecule has 19 heavy (non-hydrogen) atoms. The summed E-state index contributed by atoms with van der Waals surface area (Å²) in [6, 6.07) is 7.29. The van der Waals surface area contributed by atoms with Crippen molar-refractivity contribution in [3.63, 3.8) is 0 Å². The first kappa shape index (κ1) is 15.5. The molecule has 0 aliphatic carbocycles. The quantitative estimate of drug-likeness (QED) is 0.725. The zero-order valence-electron chi connectivity index (χ0n) is 12.2. The molecule has 0 fully saturated rings. The lowest BCUT2D eigenvalue weighted by Crippen LogP contribution is -2.24. The van der Waals surface area contributed by atoms with Crippen LogP contribution >= 0.6 is 0 Å². The fourth-order valence-corrected chi connectivity index (χ4v) is 1.81. The van der Waals surface area contributed by atoms with Crippen molar-refractivity contribution in [1.82, 2.24) is 5.32 Å². The largest absolute Gasteiger partial charge is 0.491 e. The van der Waals surface area contributed by atoms with Crippen molar-refractivity contribution in [2.45, 2.75) is 52.6 Å². The van der Waals surface area contributed by atoms with Crippen molar-refractivity contribution < 1.29 is 9.53 Å². The Hall–Kier alpha value is -1.51. The van der Waals surface area contributed by atoms with Gasteiger partial charge < -0.3 is 10.1 Å². The molecule has 1 N–H and O–H groups in total. The molecule has 106 valence electrons. The van der Waals surface area contributed by atoms with Crippen molar-refractivity contribution in [3.05, 3.63) is 29.8 Å². The zero-order chi connectivity index (χ0) is 14.1. The predicted molar refractivity (Wildman–Crippen MR) is 78.7 cm³/mol. The van der Waals surface area contributed by atoms with Crippen LogP contribution in [0, 0.1) is 0 Å². The van der Waals surface area contributed by atoms with Gasteiger partial charge in [0.2, 0.25) is 0 Å². The first-order valence-electron chi connectivity index (χ1n) is 7.18. The standard InChI is InChI=1S/C16H25NO2/c1-4-5-6-7-12-17-16(18)14-8-10-15(11-9-14)19-13(2)3/h8-11,13H,4-7,12H2,1-3H3,(H,17,18). The lowest BCUT2D eigenvalue weighted by Gasteiger charge is -2.10. The molecule has 0 saturated carbocycles. The maximum absolute atomic E-state index is 11.9. The average molecular weight is 263 g/mol. The fourth-order valence-electron chi connectivity index (χ4n) is 1.81. The summed E-state index contributed by atoms with van der Waals surface area (Å²) in [5.41, 5.74) is 0.687. The first-order valence-corrected chi connectivity index (χ1v) is 7.18. The molecular formula is C16H25NO2. The number of hydrogen-bond acceptors (Lipinski definition) is 2. The second-order valence-corrected chi connectivity index (χ2v) is 5.01. The highest BCUT2D eigenvalue weighted by Gasteiger charge is 2.05. The number of ether oxygens (including phenoxy) is 1. The Kier molecular flexibility index (Phi) is 7.01. The van der Waals surface area contributed by atoms with E-state index in [0.29, 0.717) is 5.56 Å². The van der Waals surface area contributed by atoms with E-state index in [2.05, 4.69) is 12.2 Å². The minimum absolute atomic E-state index is 0.00686. The molecule has 3 heteroatoms. The topological polar surface area (TPSA) is 38.3 Å². The van der Waals surface area contributed by atoms with E-state index >= 15 is 0 Å². The van der Waals surface area contributed by atoms with Crippen LogP contribution in [0.25, 0.3) is 0 Å². The van der Waals surface area contributed by atoms with Crippen LogP contribution in [0.3, 0.4) is 0 Å². The third kappa shape index (κ3) is 6.27. The lowest BCUT2D eigenvalue weighted by molar-refractivity contribution is 0.0953. The minimum atomic E-state index is -0.00686. The third-order valence-electron chi connectivity index (χ3n) is 2.80. The number of hydrogen-bond donors (Lipinski definition) is 1.